The monoisotopic (exact) mass is 339 g/mol. The smallest absolute Gasteiger partial charge is 0.264 e. The number of aryl methyl sites for hydroxylation is 2. The SMILES string of the molecule is NC(=S)c1ccccc1S(=O)(=O)Nc1nc2c(s1)CCC2. The summed E-state index contributed by atoms with van der Waals surface area (Å²) in [6.45, 7) is 0. The molecule has 0 radical (unpaired) electrons. The number of rotatable bonds is 4. The Balaban J connectivity index is 1.95. The molecule has 0 fully saturated rings. The molecule has 2 aromatic rings. The van der Waals surface area contributed by atoms with E-state index >= 15 is 0 Å². The molecule has 21 heavy (non-hydrogen) atoms. The second kappa shape index (κ2) is 5.36. The number of aromatic nitrogens is 1. The Bertz CT molecular complexity index is 790. The number of hydrogen-bond acceptors (Lipinski definition) is 5. The predicted molar refractivity (Wildman–Crippen MR) is 87.3 cm³/mol. The minimum absolute atomic E-state index is 0.0533. The summed E-state index contributed by atoms with van der Waals surface area (Å²) in [6, 6.07) is 6.42. The van der Waals surface area contributed by atoms with Gasteiger partial charge in [-0.15, -0.1) is 11.3 Å². The molecule has 0 saturated heterocycles. The first kappa shape index (κ1) is 14.4. The number of thiazole rings is 1. The first-order valence-corrected chi connectivity index (χ1v) is 9.08. The lowest BCUT2D eigenvalue weighted by molar-refractivity contribution is 0.601. The van der Waals surface area contributed by atoms with Crippen molar-refractivity contribution < 1.29 is 8.42 Å². The molecule has 1 heterocycles. The molecule has 0 aliphatic heterocycles. The van der Waals surface area contributed by atoms with Crippen LogP contribution < -0.4 is 10.5 Å². The van der Waals surface area contributed by atoms with Crippen molar-refractivity contribution in [3.05, 3.63) is 40.4 Å². The molecule has 0 spiro atoms. The molecular formula is C13H13N3O2S3. The molecule has 0 atom stereocenters. The van der Waals surface area contributed by atoms with Crippen molar-refractivity contribution in [1.82, 2.24) is 4.98 Å². The zero-order valence-corrected chi connectivity index (χ0v) is 13.4. The van der Waals surface area contributed by atoms with E-state index in [1.165, 1.54) is 17.4 Å². The number of benzene rings is 1. The Morgan fingerprint density at radius 1 is 1.33 bits per heavy atom. The van der Waals surface area contributed by atoms with Crippen LogP contribution in [-0.2, 0) is 22.9 Å². The minimum Gasteiger partial charge on any atom is -0.389 e. The van der Waals surface area contributed by atoms with Gasteiger partial charge in [0, 0.05) is 10.4 Å². The highest BCUT2D eigenvalue weighted by Crippen LogP contribution is 2.31. The average molecular weight is 339 g/mol. The largest absolute Gasteiger partial charge is 0.389 e. The number of nitrogens with one attached hydrogen (secondary N) is 1. The number of nitrogens with two attached hydrogens (primary N) is 1. The summed E-state index contributed by atoms with van der Waals surface area (Å²) in [7, 11) is -3.75. The number of hydrogen-bond donors (Lipinski definition) is 2. The van der Waals surface area contributed by atoms with Gasteiger partial charge in [0.1, 0.15) is 4.99 Å². The van der Waals surface area contributed by atoms with E-state index in [1.54, 1.807) is 18.2 Å². The molecule has 1 aromatic carbocycles. The van der Waals surface area contributed by atoms with E-state index in [0.29, 0.717) is 10.7 Å². The van der Waals surface area contributed by atoms with Gasteiger partial charge in [-0.25, -0.2) is 13.4 Å². The highest BCUT2D eigenvalue weighted by atomic mass is 32.2. The molecule has 0 unspecified atom stereocenters. The second-order valence-electron chi connectivity index (χ2n) is 4.71. The summed E-state index contributed by atoms with van der Waals surface area (Å²) in [6.07, 6.45) is 2.97. The predicted octanol–water partition coefficient (Wildman–Crippen LogP) is 2.07. The Hall–Kier alpha value is -1.51. The van der Waals surface area contributed by atoms with Crippen LogP contribution >= 0.6 is 23.6 Å². The molecule has 3 N–H and O–H groups in total. The summed E-state index contributed by atoms with van der Waals surface area (Å²) in [5, 5.41) is 0.400. The maximum absolute atomic E-state index is 12.5. The van der Waals surface area contributed by atoms with Crippen LogP contribution in [0.25, 0.3) is 0 Å². The summed E-state index contributed by atoms with van der Waals surface area (Å²) in [5.41, 5.74) is 6.93. The summed E-state index contributed by atoms with van der Waals surface area (Å²) >= 11 is 6.30. The standard InChI is InChI=1S/C13H13N3O2S3/c14-12(19)8-4-1-2-7-11(8)21(17,18)16-13-15-9-5-3-6-10(9)20-13/h1-2,4,7H,3,5-6H2,(H2,14,19)(H,15,16). The summed E-state index contributed by atoms with van der Waals surface area (Å²) in [5.74, 6) is 0. The zero-order chi connectivity index (χ0) is 15.0. The number of sulfonamides is 1. The van der Waals surface area contributed by atoms with E-state index in [4.69, 9.17) is 18.0 Å². The van der Waals surface area contributed by atoms with Crippen LogP contribution in [0.15, 0.2) is 29.2 Å². The molecule has 8 heteroatoms. The molecule has 1 aromatic heterocycles. The third-order valence-electron chi connectivity index (χ3n) is 3.26. The Kier molecular flexibility index (Phi) is 3.68. The maximum Gasteiger partial charge on any atom is 0.264 e. The fraction of sp³-hybridized carbons (Fsp3) is 0.231. The summed E-state index contributed by atoms with van der Waals surface area (Å²) < 4.78 is 27.5. The van der Waals surface area contributed by atoms with Crippen molar-refractivity contribution in [3.63, 3.8) is 0 Å². The third-order valence-corrected chi connectivity index (χ3v) is 6.08. The normalized spacial score (nSPS) is 13.9. The van der Waals surface area contributed by atoms with Crippen LogP contribution in [0.3, 0.4) is 0 Å². The zero-order valence-electron chi connectivity index (χ0n) is 11.0. The van der Waals surface area contributed by atoms with Gasteiger partial charge in [-0.05, 0) is 25.3 Å². The molecule has 0 amide bonds. The maximum atomic E-state index is 12.5. The molecule has 5 nitrogen and oxygen atoms in total. The molecule has 0 saturated carbocycles. The summed E-state index contributed by atoms with van der Waals surface area (Å²) in [4.78, 5) is 5.63. The second-order valence-corrected chi connectivity index (χ2v) is 7.88. The lowest BCUT2D eigenvalue weighted by Gasteiger charge is -2.09. The number of nitrogens with zero attached hydrogens (tertiary/aromatic N) is 1. The van der Waals surface area contributed by atoms with Gasteiger partial charge in [-0.2, -0.15) is 0 Å². The van der Waals surface area contributed by atoms with Crippen LogP contribution in [0.1, 0.15) is 22.6 Å². The molecule has 0 bridgehead atoms. The number of fused-ring (bicyclic) bond motifs is 1. The van der Waals surface area contributed by atoms with E-state index in [-0.39, 0.29) is 9.88 Å². The van der Waals surface area contributed by atoms with Gasteiger partial charge < -0.3 is 5.73 Å². The first-order chi connectivity index (χ1) is 9.97. The Morgan fingerprint density at radius 3 is 2.81 bits per heavy atom. The molecule has 110 valence electrons. The quantitative estimate of drug-likeness (QED) is 0.833. The molecule has 1 aliphatic rings. The third kappa shape index (κ3) is 2.78. The minimum atomic E-state index is -3.75. The molecular weight excluding hydrogens is 326 g/mol. The fourth-order valence-electron chi connectivity index (χ4n) is 2.31. The lowest BCUT2D eigenvalue weighted by Crippen LogP contribution is -2.19. The number of anilines is 1. The molecule has 3 rings (SSSR count). The average Bonchev–Trinajstić information content (AvgIpc) is 2.99. The van der Waals surface area contributed by atoms with Crippen molar-refractivity contribution in [2.75, 3.05) is 4.72 Å². The van der Waals surface area contributed by atoms with Crippen molar-refractivity contribution in [2.45, 2.75) is 24.2 Å². The van der Waals surface area contributed by atoms with Crippen LogP contribution in [0.4, 0.5) is 5.13 Å². The van der Waals surface area contributed by atoms with E-state index in [9.17, 15) is 8.42 Å². The van der Waals surface area contributed by atoms with E-state index in [1.807, 2.05) is 0 Å². The van der Waals surface area contributed by atoms with E-state index in [2.05, 4.69) is 9.71 Å². The van der Waals surface area contributed by atoms with Crippen LogP contribution in [0.5, 0.6) is 0 Å². The highest BCUT2D eigenvalue weighted by Gasteiger charge is 2.23. The van der Waals surface area contributed by atoms with Crippen LogP contribution in [-0.4, -0.2) is 18.4 Å². The topological polar surface area (TPSA) is 85.1 Å². The van der Waals surface area contributed by atoms with Gasteiger partial charge >= 0.3 is 0 Å². The van der Waals surface area contributed by atoms with Gasteiger partial charge in [0.15, 0.2) is 5.13 Å². The van der Waals surface area contributed by atoms with Crippen LogP contribution in [0, 0.1) is 0 Å². The van der Waals surface area contributed by atoms with Gasteiger partial charge in [0.25, 0.3) is 10.0 Å². The van der Waals surface area contributed by atoms with Crippen molar-refractivity contribution in [2.24, 2.45) is 5.73 Å². The van der Waals surface area contributed by atoms with Crippen molar-refractivity contribution in [3.8, 4) is 0 Å². The van der Waals surface area contributed by atoms with Gasteiger partial charge in [0.2, 0.25) is 0 Å². The van der Waals surface area contributed by atoms with E-state index in [0.717, 1.165) is 29.8 Å². The fourth-order valence-corrected chi connectivity index (χ4v) is 5.06. The van der Waals surface area contributed by atoms with E-state index < -0.39 is 10.0 Å². The first-order valence-electron chi connectivity index (χ1n) is 6.37. The highest BCUT2D eigenvalue weighted by molar-refractivity contribution is 7.93. The van der Waals surface area contributed by atoms with Crippen LogP contribution in [0.2, 0.25) is 0 Å². The van der Waals surface area contributed by atoms with Gasteiger partial charge in [-0.3, -0.25) is 4.72 Å². The van der Waals surface area contributed by atoms with Gasteiger partial charge in [-0.1, -0.05) is 30.4 Å². The Labute approximate surface area is 132 Å². The lowest BCUT2D eigenvalue weighted by atomic mass is 10.2. The Morgan fingerprint density at radius 2 is 2.10 bits per heavy atom. The molecule has 1 aliphatic carbocycles. The number of thiocarbonyl (C=S) groups is 1. The van der Waals surface area contributed by atoms with Crippen molar-refractivity contribution >= 4 is 43.7 Å². The van der Waals surface area contributed by atoms with Gasteiger partial charge in [0.05, 0.1) is 10.6 Å². The van der Waals surface area contributed by atoms with Crippen molar-refractivity contribution in [1.29, 1.82) is 0 Å².